The molecule has 1 atom stereocenters. The number of nitrogens with zero attached hydrogens (tertiary/aromatic N) is 5. The molecule has 22 heavy (non-hydrogen) atoms. The number of H-pyrrole nitrogens is 1. The van der Waals surface area contributed by atoms with E-state index in [1.54, 1.807) is 0 Å². The number of aryl methyl sites for hydroxylation is 1. The molecule has 3 aromatic rings. The van der Waals surface area contributed by atoms with Gasteiger partial charge < -0.3 is 4.74 Å². The van der Waals surface area contributed by atoms with Crippen LogP contribution in [0.5, 0.6) is 0 Å². The van der Waals surface area contributed by atoms with Crippen LogP contribution in [0.3, 0.4) is 0 Å². The van der Waals surface area contributed by atoms with Crippen molar-refractivity contribution in [3.05, 3.63) is 42.0 Å². The van der Waals surface area contributed by atoms with Gasteiger partial charge in [0.2, 0.25) is 5.82 Å². The molecule has 2 aromatic heterocycles. The van der Waals surface area contributed by atoms with Gasteiger partial charge in [0, 0.05) is 12.5 Å². The second-order valence-corrected chi connectivity index (χ2v) is 5.39. The molecule has 1 aromatic carbocycles. The van der Waals surface area contributed by atoms with Crippen LogP contribution < -0.4 is 0 Å². The highest BCUT2D eigenvalue weighted by Crippen LogP contribution is 2.27. The predicted octanol–water partition coefficient (Wildman–Crippen LogP) is 1.86. The van der Waals surface area contributed by atoms with E-state index < -0.39 is 0 Å². The molecule has 7 heteroatoms. The van der Waals surface area contributed by atoms with Gasteiger partial charge in [-0.25, -0.2) is 14.6 Å². The number of benzene rings is 1. The van der Waals surface area contributed by atoms with Crippen molar-refractivity contribution in [2.45, 2.75) is 19.3 Å². The zero-order chi connectivity index (χ0) is 14.9. The Morgan fingerprint density at radius 1 is 1.32 bits per heavy atom. The minimum atomic E-state index is 0.243. The van der Waals surface area contributed by atoms with E-state index in [1.165, 1.54) is 6.33 Å². The highest BCUT2D eigenvalue weighted by Gasteiger charge is 2.25. The Bertz CT molecular complexity index is 773. The van der Waals surface area contributed by atoms with Crippen LogP contribution in [0, 0.1) is 6.92 Å². The number of hydrogen-bond donors (Lipinski definition) is 1. The van der Waals surface area contributed by atoms with E-state index in [1.807, 2.05) is 22.9 Å². The Morgan fingerprint density at radius 3 is 2.95 bits per heavy atom. The van der Waals surface area contributed by atoms with Crippen molar-refractivity contribution in [1.82, 2.24) is 29.9 Å². The van der Waals surface area contributed by atoms with Gasteiger partial charge in [-0.15, -0.1) is 0 Å². The molecule has 1 aliphatic rings. The lowest BCUT2D eigenvalue weighted by Crippen LogP contribution is -2.04. The van der Waals surface area contributed by atoms with Crippen molar-refractivity contribution < 1.29 is 4.74 Å². The molecule has 0 unspecified atom stereocenters. The van der Waals surface area contributed by atoms with Gasteiger partial charge in [0.15, 0.2) is 11.6 Å². The summed E-state index contributed by atoms with van der Waals surface area (Å²) in [7, 11) is 0. The fraction of sp³-hybridized carbons (Fsp3) is 0.333. The Kier molecular flexibility index (Phi) is 3.19. The van der Waals surface area contributed by atoms with Crippen LogP contribution in [-0.4, -0.2) is 43.2 Å². The number of aromatic amines is 1. The molecule has 0 radical (unpaired) electrons. The number of para-hydroxylation sites is 1. The van der Waals surface area contributed by atoms with Crippen molar-refractivity contribution in [3.8, 4) is 17.3 Å². The molecular formula is C15H16N6O. The summed E-state index contributed by atoms with van der Waals surface area (Å²) in [6, 6.07) is 8.08. The quantitative estimate of drug-likeness (QED) is 0.798. The molecule has 0 amide bonds. The fourth-order valence-corrected chi connectivity index (χ4v) is 2.67. The lowest BCUT2D eigenvalue weighted by molar-refractivity contribution is 0.193. The third-order valence-corrected chi connectivity index (χ3v) is 3.89. The lowest BCUT2D eigenvalue weighted by Gasteiger charge is -2.07. The maximum atomic E-state index is 5.46. The first-order valence-electron chi connectivity index (χ1n) is 7.29. The van der Waals surface area contributed by atoms with E-state index in [4.69, 9.17) is 14.8 Å². The monoisotopic (exact) mass is 296 g/mol. The highest BCUT2D eigenvalue weighted by atomic mass is 16.5. The average molecular weight is 296 g/mol. The molecule has 1 saturated heterocycles. The fourth-order valence-electron chi connectivity index (χ4n) is 2.67. The van der Waals surface area contributed by atoms with Crippen molar-refractivity contribution in [2.24, 2.45) is 0 Å². The summed E-state index contributed by atoms with van der Waals surface area (Å²) >= 11 is 0. The standard InChI is InChI=1S/C15H16N6O/c1-10-4-2-3-5-12(10)21-15(14-16-9-17-19-14)18-13(20-21)11-6-7-22-8-11/h2-5,9,11H,6-8H2,1H3,(H,16,17,19)/t11-/m1/s1. The van der Waals surface area contributed by atoms with Gasteiger partial charge >= 0.3 is 0 Å². The number of hydrogen-bond acceptors (Lipinski definition) is 5. The molecule has 1 N–H and O–H groups in total. The summed E-state index contributed by atoms with van der Waals surface area (Å²) in [5.74, 6) is 2.33. The van der Waals surface area contributed by atoms with Gasteiger partial charge in [0.1, 0.15) is 6.33 Å². The lowest BCUT2D eigenvalue weighted by atomic mass is 10.1. The first kappa shape index (κ1) is 13.1. The number of aromatic nitrogens is 6. The number of ether oxygens (including phenoxy) is 1. The van der Waals surface area contributed by atoms with Gasteiger partial charge in [-0.05, 0) is 25.0 Å². The topological polar surface area (TPSA) is 81.5 Å². The molecule has 112 valence electrons. The third-order valence-electron chi connectivity index (χ3n) is 3.89. The third kappa shape index (κ3) is 2.19. The largest absolute Gasteiger partial charge is 0.381 e. The van der Waals surface area contributed by atoms with Gasteiger partial charge in [0.05, 0.1) is 12.3 Å². The first-order valence-corrected chi connectivity index (χ1v) is 7.29. The average Bonchev–Trinajstić information content (AvgIpc) is 3.27. The van der Waals surface area contributed by atoms with E-state index in [2.05, 4.69) is 28.2 Å². The Morgan fingerprint density at radius 2 is 2.23 bits per heavy atom. The molecule has 0 spiro atoms. The van der Waals surface area contributed by atoms with E-state index >= 15 is 0 Å². The molecule has 3 heterocycles. The minimum Gasteiger partial charge on any atom is -0.381 e. The van der Waals surface area contributed by atoms with Crippen LogP contribution in [0.25, 0.3) is 17.3 Å². The van der Waals surface area contributed by atoms with E-state index in [0.717, 1.165) is 30.1 Å². The maximum absolute atomic E-state index is 5.46. The second-order valence-electron chi connectivity index (χ2n) is 5.39. The smallest absolute Gasteiger partial charge is 0.200 e. The van der Waals surface area contributed by atoms with Crippen LogP contribution in [0.15, 0.2) is 30.6 Å². The Labute approximate surface area is 127 Å². The maximum Gasteiger partial charge on any atom is 0.200 e. The molecule has 1 aliphatic heterocycles. The van der Waals surface area contributed by atoms with E-state index in [0.29, 0.717) is 18.3 Å². The molecule has 0 aliphatic carbocycles. The SMILES string of the molecule is Cc1ccccc1-n1nc([C@@H]2CCOC2)nc1-c1ncn[nH]1. The molecule has 7 nitrogen and oxygen atoms in total. The van der Waals surface area contributed by atoms with Crippen LogP contribution in [0.1, 0.15) is 23.7 Å². The van der Waals surface area contributed by atoms with Crippen molar-refractivity contribution in [1.29, 1.82) is 0 Å². The van der Waals surface area contributed by atoms with Crippen molar-refractivity contribution >= 4 is 0 Å². The first-order chi connectivity index (χ1) is 10.8. The predicted molar refractivity (Wildman–Crippen MR) is 79.6 cm³/mol. The zero-order valence-electron chi connectivity index (χ0n) is 12.2. The van der Waals surface area contributed by atoms with Crippen LogP contribution in [0.4, 0.5) is 0 Å². The van der Waals surface area contributed by atoms with Crippen LogP contribution >= 0.6 is 0 Å². The molecular weight excluding hydrogens is 280 g/mol. The number of rotatable bonds is 3. The molecule has 0 bridgehead atoms. The zero-order valence-corrected chi connectivity index (χ0v) is 12.2. The normalized spacial score (nSPS) is 18.0. The second kappa shape index (κ2) is 5.34. The van der Waals surface area contributed by atoms with E-state index in [9.17, 15) is 0 Å². The van der Waals surface area contributed by atoms with Gasteiger partial charge in [-0.1, -0.05) is 18.2 Å². The minimum absolute atomic E-state index is 0.243. The summed E-state index contributed by atoms with van der Waals surface area (Å²) in [5, 5.41) is 11.5. The molecule has 4 rings (SSSR count). The summed E-state index contributed by atoms with van der Waals surface area (Å²) < 4.78 is 7.29. The summed E-state index contributed by atoms with van der Waals surface area (Å²) in [6.45, 7) is 3.49. The van der Waals surface area contributed by atoms with E-state index in [-0.39, 0.29) is 5.92 Å². The molecule has 0 saturated carbocycles. The molecule has 1 fully saturated rings. The highest BCUT2D eigenvalue weighted by molar-refractivity contribution is 5.51. The van der Waals surface area contributed by atoms with Gasteiger partial charge in [-0.2, -0.15) is 10.2 Å². The summed E-state index contributed by atoms with van der Waals surface area (Å²) in [4.78, 5) is 8.91. The summed E-state index contributed by atoms with van der Waals surface area (Å²) in [5.41, 5.74) is 2.12. The van der Waals surface area contributed by atoms with Crippen molar-refractivity contribution in [3.63, 3.8) is 0 Å². The summed E-state index contributed by atoms with van der Waals surface area (Å²) in [6.07, 6.45) is 2.43. The Hall–Kier alpha value is -2.54. The van der Waals surface area contributed by atoms with Crippen molar-refractivity contribution in [2.75, 3.05) is 13.2 Å². The van der Waals surface area contributed by atoms with Crippen LogP contribution in [0.2, 0.25) is 0 Å². The number of nitrogens with one attached hydrogen (secondary N) is 1. The van der Waals surface area contributed by atoms with Gasteiger partial charge in [0.25, 0.3) is 0 Å². The van der Waals surface area contributed by atoms with Gasteiger partial charge in [-0.3, -0.25) is 5.10 Å². The van der Waals surface area contributed by atoms with Crippen LogP contribution in [-0.2, 0) is 4.74 Å². The Balaban J connectivity index is 1.86.